The summed E-state index contributed by atoms with van der Waals surface area (Å²) in [7, 11) is 0. The number of benzene rings is 2. The Kier molecular flexibility index (Phi) is 6.60. The van der Waals surface area contributed by atoms with Crippen molar-refractivity contribution in [3.63, 3.8) is 0 Å². The second-order valence-corrected chi connectivity index (χ2v) is 7.57. The van der Waals surface area contributed by atoms with Crippen molar-refractivity contribution < 1.29 is 13.9 Å². The molecule has 0 aliphatic heterocycles. The standard InChI is InChI=1S/C18H15Cl2N3O3S/c1-11(17(24)21-13-8-6-12(19)7-9-13)27-18-23-22-16(26-18)10-25-15-5-3-2-4-14(15)20/h2-9,11H,10H2,1H3,(H,21,24)/t11-/m1/s1. The molecular weight excluding hydrogens is 409 g/mol. The van der Waals surface area contributed by atoms with Crippen LogP contribution in [0.3, 0.4) is 0 Å². The van der Waals surface area contributed by atoms with Crippen LogP contribution in [0.15, 0.2) is 58.2 Å². The van der Waals surface area contributed by atoms with Crippen LogP contribution in [-0.2, 0) is 11.4 Å². The van der Waals surface area contributed by atoms with Crippen LogP contribution in [0.2, 0.25) is 10.0 Å². The van der Waals surface area contributed by atoms with E-state index in [0.717, 1.165) is 11.8 Å². The van der Waals surface area contributed by atoms with E-state index in [1.807, 2.05) is 12.1 Å². The van der Waals surface area contributed by atoms with E-state index in [1.165, 1.54) is 0 Å². The van der Waals surface area contributed by atoms with E-state index in [1.54, 1.807) is 43.3 Å². The normalized spacial score (nSPS) is 11.8. The van der Waals surface area contributed by atoms with Gasteiger partial charge in [-0.05, 0) is 43.3 Å². The summed E-state index contributed by atoms with van der Waals surface area (Å²) in [5, 5.41) is 11.6. The fraction of sp³-hybridized carbons (Fsp3) is 0.167. The molecule has 1 heterocycles. The first kappa shape index (κ1) is 19.5. The average Bonchev–Trinajstić information content (AvgIpc) is 3.10. The van der Waals surface area contributed by atoms with Crippen molar-refractivity contribution >= 4 is 46.6 Å². The molecule has 0 bridgehead atoms. The number of amides is 1. The quantitative estimate of drug-likeness (QED) is 0.534. The van der Waals surface area contributed by atoms with Gasteiger partial charge in [0.05, 0.1) is 10.3 Å². The zero-order valence-electron chi connectivity index (χ0n) is 14.2. The Morgan fingerprint density at radius 1 is 1.19 bits per heavy atom. The first-order valence-corrected chi connectivity index (χ1v) is 9.57. The lowest BCUT2D eigenvalue weighted by Gasteiger charge is -2.09. The highest BCUT2D eigenvalue weighted by atomic mass is 35.5. The summed E-state index contributed by atoms with van der Waals surface area (Å²) in [6.07, 6.45) is 0. The van der Waals surface area contributed by atoms with Crippen molar-refractivity contribution in [3.05, 3.63) is 64.5 Å². The van der Waals surface area contributed by atoms with Gasteiger partial charge in [-0.2, -0.15) is 0 Å². The Morgan fingerprint density at radius 3 is 2.67 bits per heavy atom. The van der Waals surface area contributed by atoms with Gasteiger partial charge in [-0.15, -0.1) is 10.2 Å². The van der Waals surface area contributed by atoms with Gasteiger partial charge in [0.1, 0.15) is 5.75 Å². The third-order valence-electron chi connectivity index (χ3n) is 3.39. The summed E-state index contributed by atoms with van der Waals surface area (Å²) >= 11 is 13.0. The zero-order valence-corrected chi connectivity index (χ0v) is 16.5. The molecule has 3 aromatic rings. The van der Waals surface area contributed by atoms with Crippen LogP contribution >= 0.6 is 35.0 Å². The van der Waals surface area contributed by atoms with E-state index in [-0.39, 0.29) is 17.7 Å². The molecule has 27 heavy (non-hydrogen) atoms. The van der Waals surface area contributed by atoms with Gasteiger partial charge >= 0.3 is 0 Å². The molecule has 0 saturated carbocycles. The molecule has 0 aliphatic carbocycles. The van der Waals surface area contributed by atoms with Gasteiger partial charge in [0.2, 0.25) is 5.91 Å². The van der Waals surface area contributed by atoms with Crippen molar-refractivity contribution in [3.8, 4) is 5.75 Å². The van der Waals surface area contributed by atoms with Crippen molar-refractivity contribution in [2.75, 3.05) is 5.32 Å². The van der Waals surface area contributed by atoms with Crippen LogP contribution in [-0.4, -0.2) is 21.4 Å². The Labute approximate surface area is 170 Å². The van der Waals surface area contributed by atoms with Gasteiger partial charge in [0, 0.05) is 10.7 Å². The molecule has 9 heteroatoms. The second-order valence-electron chi connectivity index (χ2n) is 5.44. The average molecular weight is 424 g/mol. The molecule has 0 aliphatic rings. The minimum absolute atomic E-state index is 0.0860. The molecule has 0 radical (unpaired) electrons. The van der Waals surface area contributed by atoms with Gasteiger partial charge < -0.3 is 14.5 Å². The van der Waals surface area contributed by atoms with Gasteiger partial charge in [-0.25, -0.2) is 0 Å². The molecule has 1 aromatic heterocycles. The van der Waals surface area contributed by atoms with E-state index in [0.29, 0.717) is 27.4 Å². The summed E-state index contributed by atoms with van der Waals surface area (Å²) < 4.78 is 11.1. The Hall–Kier alpha value is -2.22. The first-order chi connectivity index (χ1) is 13.0. The van der Waals surface area contributed by atoms with Crippen molar-refractivity contribution in [2.45, 2.75) is 24.0 Å². The molecule has 6 nitrogen and oxygen atoms in total. The number of nitrogens with one attached hydrogen (secondary N) is 1. The summed E-state index contributed by atoms with van der Waals surface area (Å²) in [5.74, 6) is 0.638. The van der Waals surface area contributed by atoms with E-state index in [4.69, 9.17) is 32.4 Å². The number of carbonyl (C=O) groups excluding carboxylic acids is 1. The highest BCUT2D eigenvalue weighted by molar-refractivity contribution is 8.00. The predicted molar refractivity (Wildman–Crippen MR) is 105 cm³/mol. The topological polar surface area (TPSA) is 77.2 Å². The molecule has 1 atom stereocenters. The number of anilines is 1. The smallest absolute Gasteiger partial charge is 0.277 e. The first-order valence-electron chi connectivity index (χ1n) is 7.94. The number of ether oxygens (including phenoxy) is 1. The number of thioether (sulfide) groups is 1. The van der Waals surface area contributed by atoms with Gasteiger partial charge in [-0.1, -0.05) is 47.1 Å². The number of nitrogens with zero attached hydrogens (tertiary/aromatic N) is 2. The molecule has 3 rings (SSSR count). The Bertz CT molecular complexity index is 918. The van der Waals surface area contributed by atoms with Crippen molar-refractivity contribution in [1.29, 1.82) is 0 Å². The van der Waals surface area contributed by atoms with Crippen molar-refractivity contribution in [1.82, 2.24) is 10.2 Å². The van der Waals surface area contributed by atoms with E-state index in [9.17, 15) is 4.79 Å². The third kappa shape index (κ3) is 5.63. The van der Waals surface area contributed by atoms with E-state index >= 15 is 0 Å². The number of carbonyl (C=O) groups is 1. The van der Waals surface area contributed by atoms with Crippen LogP contribution in [0, 0.1) is 0 Å². The fourth-order valence-electron chi connectivity index (χ4n) is 2.03. The summed E-state index contributed by atoms with van der Waals surface area (Å²) in [6.45, 7) is 1.84. The molecule has 0 spiro atoms. The minimum atomic E-state index is -0.432. The number of aromatic nitrogens is 2. The zero-order chi connectivity index (χ0) is 19.2. The fourth-order valence-corrected chi connectivity index (χ4v) is 3.04. The van der Waals surface area contributed by atoms with Crippen LogP contribution in [0.1, 0.15) is 12.8 Å². The Morgan fingerprint density at radius 2 is 1.93 bits per heavy atom. The molecule has 1 amide bonds. The summed E-state index contributed by atoms with van der Waals surface area (Å²) in [6, 6.07) is 14.0. The molecule has 0 saturated heterocycles. The predicted octanol–water partition coefficient (Wildman–Crippen LogP) is 5.07. The molecule has 2 aromatic carbocycles. The van der Waals surface area contributed by atoms with Gasteiger partial charge in [0.25, 0.3) is 11.1 Å². The second kappa shape index (κ2) is 9.12. The summed E-state index contributed by atoms with van der Waals surface area (Å²) in [5.41, 5.74) is 0.663. The maximum absolute atomic E-state index is 12.3. The van der Waals surface area contributed by atoms with Crippen molar-refractivity contribution in [2.24, 2.45) is 0 Å². The maximum atomic E-state index is 12.3. The highest BCUT2D eigenvalue weighted by Crippen LogP contribution is 2.26. The maximum Gasteiger partial charge on any atom is 0.277 e. The lowest BCUT2D eigenvalue weighted by molar-refractivity contribution is -0.115. The molecule has 1 N–H and O–H groups in total. The van der Waals surface area contributed by atoms with Crippen LogP contribution < -0.4 is 10.1 Å². The molecule has 0 fully saturated rings. The third-order valence-corrected chi connectivity index (χ3v) is 4.89. The van der Waals surface area contributed by atoms with Gasteiger partial charge in [-0.3, -0.25) is 4.79 Å². The van der Waals surface area contributed by atoms with Gasteiger partial charge in [0.15, 0.2) is 6.61 Å². The van der Waals surface area contributed by atoms with Crippen LogP contribution in [0.5, 0.6) is 5.75 Å². The largest absolute Gasteiger partial charge is 0.482 e. The number of hydrogen-bond donors (Lipinski definition) is 1. The molecule has 0 unspecified atom stereocenters. The number of para-hydroxylation sites is 1. The van der Waals surface area contributed by atoms with E-state index < -0.39 is 5.25 Å². The number of hydrogen-bond acceptors (Lipinski definition) is 6. The lowest BCUT2D eigenvalue weighted by atomic mass is 10.3. The number of halogens is 2. The molecular formula is C18H15Cl2N3O3S. The lowest BCUT2D eigenvalue weighted by Crippen LogP contribution is -2.22. The van der Waals surface area contributed by atoms with Crippen LogP contribution in [0.25, 0.3) is 0 Å². The molecule has 140 valence electrons. The summed E-state index contributed by atoms with van der Waals surface area (Å²) in [4.78, 5) is 12.3. The Balaban J connectivity index is 1.52. The SMILES string of the molecule is C[C@@H](Sc1nnc(COc2ccccc2Cl)o1)C(=O)Nc1ccc(Cl)cc1. The highest BCUT2D eigenvalue weighted by Gasteiger charge is 2.18. The number of rotatable bonds is 7. The van der Waals surface area contributed by atoms with Crippen LogP contribution in [0.4, 0.5) is 5.69 Å². The minimum Gasteiger partial charge on any atom is -0.482 e. The monoisotopic (exact) mass is 423 g/mol. The van der Waals surface area contributed by atoms with E-state index in [2.05, 4.69) is 15.5 Å².